The molecule has 0 radical (unpaired) electrons. The monoisotopic (exact) mass is 242 g/mol. The van der Waals surface area contributed by atoms with Crippen molar-refractivity contribution < 1.29 is 4.79 Å². The molecular weight excluding hydrogens is 220 g/mol. The van der Waals surface area contributed by atoms with E-state index >= 15 is 0 Å². The quantitative estimate of drug-likeness (QED) is 0.632. The number of unbranched alkanes of at least 4 members (excludes halogenated alkanes) is 3. The first-order valence-corrected chi connectivity index (χ1v) is 7.31. The molecular formula is C12H22N2OS. The van der Waals surface area contributed by atoms with E-state index in [1.54, 1.807) is 0 Å². The summed E-state index contributed by atoms with van der Waals surface area (Å²) >= 11 is 1.87. The standard InChI is InChI=1S/C12H22N2OS/c1-3-11(10-13)12(15)14-8-6-4-5-7-9-16-2/h11H,3-9H2,1-2H3,(H,14,15). The molecule has 0 aliphatic carbocycles. The zero-order chi connectivity index (χ0) is 12.2. The van der Waals surface area contributed by atoms with Crippen LogP contribution in [0.4, 0.5) is 0 Å². The zero-order valence-electron chi connectivity index (χ0n) is 10.3. The van der Waals surface area contributed by atoms with Crippen LogP contribution >= 0.6 is 11.8 Å². The van der Waals surface area contributed by atoms with Crippen molar-refractivity contribution in [1.82, 2.24) is 5.32 Å². The van der Waals surface area contributed by atoms with Crippen LogP contribution in [0.2, 0.25) is 0 Å². The predicted molar refractivity (Wildman–Crippen MR) is 69.3 cm³/mol. The van der Waals surface area contributed by atoms with Crippen LogP contribution in [-0.4, -0.2) is 24.5 Å². The Hall–Kier alpha value is -0.690. The van der Waals surface area contributed by atoms with E-state index in [1.807, 2.05) is 24.8 Å². The topological polar surface area (TPSA) is 52.9 Å². The lowest BCUT2D eigenvalue weighted by atomic mass is 10.1. The summed E-state index contributed by atoms with van der Waals surface area (Å²) in [6.07, 6.45) is 7.37. The van der Waals surface area contributed by atoms with Gasteiger partial charge in [-0.05, 0) is 31.3 Å². The summed E-state index contributed by atoms with van der Waals surface area (Å²) in [6.45, 7) is 2.56. The number of carbonyl (C=O) groups is 1. The van der Waals surface area contributed by atoms with Gasteiger partial charge in [-0.2, -0.15) is 17.0 Å². The van der Waals surface area contributed by atoms with Gasteiger partial charge >= 0.3 is 0 Å². The van der Waals surface area contributed by atoms with Crippen molar-refractivity contribution in [3.8, 4) is 6.07 Å². The van der Waals surface area contributed by atoms with E-state index in [4.69, 9.17) is 5.26 Å². The third-order valence-corrected chi connectivity index (χ3v) is 3.15. The van der Waals surface area contributed by atoms with E-state index in [-0.39, 0.29) is 5.91 Å². The molecule has 0 aromatic heterocycles. The average Bonchev–Trinajstić information content (AvgIpc) is 2.29. The Labute approximate surface area is 103 Å². The van der Waals surface area contributed by atoms with Crippen molar-refractivity contribution in [2.45, 2.75) is 39.0 Å². The van der Waals surface area contributed by atoms with E-state index in [1.165, 1.54) is 18.6 Å². The number of rotatable bonds is 9. The SMILES string of the molecule is CCC(C#N)C(=O)NCCCCCCSC. The van der Waals surface area contributed by atoms with Gasteiger partial charge < -0.3 is 5.32 Å². The average molecular weight is 242 g/mol. The zero-order valence-corrected chi connectivity index (χ0v) is 11.1. The minimum absolute atomic E-state index is 0.117. The lowest BCUT2D eigenvalue weighted by Gasteiger charge is -2.07. The van der Waals surface area contributed by atoms with Gasteiger partial charge in [0.1, 0.15) is 5.92 Å². The maximum absolute atomic E-state index is 11.4. The molecule has 0 heterocycles. The summed E-state index contributed by atoms with van der Waals surface area (Å²) in [5.74, 6) is 0.629. The number of nitrogens with one attached hydrogen (secondary N) is 1. The highest BCUT2D eigenvalue weighted by atomic mass is 32.2. The van der Waals surface area contributed by atoms with Crippen LogP contribution in [0.3, 0.4) is 0 Å². The highest BCUT2D eigenvalue weighted by Gasteiger charge is 2.13. The van der Waals surface area contributed by atoms with Gasteiger partial charge in [-0.15, -0.1) is 0 Å². The smallest absolute Gasteiger partial charge is 0.237 e. The summed E-state index contributed by atoms with van der Waals surface area (Å²) in [4.78, 5) is 11.4. The van der Waals surface area contributed by atoms with Crippen molar-refractivity contribution in [3.63, 3.8) is 0 Å². The third kappa shape index (κ3) is 7.58. The summed E-state index contributed by atoms with van der Waals surface area (Å²) in [5.41, 5.74) is 0. The second-order valence-corrected chi connectivity index (χ2v) is 4.77. The molecule has 92 valence electrons. The molecule has 0 aliphatic heterocycles. The Morgan fingerprint density at radius 3 is 2.62 bits per heavy atom. The van der Waals surface area contributed by atoms with Crippen molar-refractivity contribution in [2.24, 2.45) is 5.92 Å². The molecule has 0 rings (SSSR count). The van der Waals surface area contributed by atoms with Crippen LogP contribution in [0.5, 0.6) is 0 Å². The minimum atomic E-state index is -0.475. The molecule has 0 spiro atoms. The van der Waals surface area contributed by atoms with Crippen LogP contribution in [0.25, 0.3) is 0 Å². The first-order valence-electron chi connectivity index (χ1n) is 5.92. The largest absolute Gasteiger partial charge is 0.355 e. The van der Waals surface area contributed by atoms with Gasteiger partial charge in [0.05, 0.1) is 6.07 Å². The maximum atomic E-state index is 11.4. The van der Waals surface area contributed by atoms with Gasteiger partial charge in [0, 0.05) is 6.54 Å². The second kappa shape index (κ2) is 10.8. The molecule has 0 bridgehead atoms. The van der Waals surface area contributed by atoms with Gasteiger partial charge in [-0.25, -0.2) is 0 Å². The van der Waals surface area contributed by atoms with E-state index in [0.717, 1.165) is 12.8 Å². The Kier molecular flexibility index (Phi) is 10.3. The van der Waals surface area contributed by atoms with Crippen LogP contribution < -0.4 is 5.32 Å². The molecule has 0 aliphatic rings. The van der Waals surface area contributed by atoms with Crippen molar-refractivity contribution in [2.75, 3.05) is 18.6 Å². The van der Waals surface area contributed by atoms with E-state index in [2.05, 4.69) is 11.6 Å². The highest BCUT2D eigenvalue weighted by molar-refractivity contribution is 7.98. The van der Waals surface area contributed by atoms with Crippen LogP contribution in [0.1, 0.15) is 39.0 Å². The van der Waals surface area contributed by atoms with Crippen molar-refractivity contribution in [1.29, 1.82) is 5.26 Å². The molecule has 3 nitrogen and oxygen atoms in total. The number of hydrogen-bond donors (Lipinski definition) is 1. The first-order chi connectivity index (χ1) is 7.76. The number of hydrogen-bond acceptors (Lipinski definition) is 3. The van der Waals surface area contributed by atoms with Crippen LogP contribution in [0.15, 0.2) is 0 Å². The van der Waals surface area contributed by atoms with Crippen LogP contribution in [0, 0.1) is 17.2 Å². The van der Waals surface area contributed by atoms with Gasteiger partial charge in [0.25, 0.3) is 0 Å². The predicted octanol–water partition coefficient (Wildman–Crippen LogP) is 2.58. The summed E-state index contributed by atoms with van der Waals surface area (Å²) in [7, 11) is 0. The Balaban J connectivity index is 3.38. The lowest BCUT2D eigenvalue weighted by molar-refractivity contribution is -0.123. The molecule has 0 aromatic rings. The lowest BCUT2D eigenvalue weighted by Crippen LogP contribution is -2.30. The fourth-order valence-corrected chi connectivity index (χ4v) is 1.89. The van der Waals surface area contributed by atoms with E-state index in [0.29, 0.717) is 13.0 Å². The molecule has 1 N–H and O–H groups in total. The van der Waals surface area contributed by atoms with Crippen molar-refractivity contribution in [3.05, 3.63) is 0 Å². The fourth-order valence-electron chi connectivity index (χ4n) is 1.40. The highest BCUT2D eigenvalue weighted by Crippen LogP contribution is 2.04. The second-order valence-electron chi connectivity index (χ2n) is 3.79. The molecule has 0 saturated carbocycles. The number of carbonyl (C=O) groups excluding carboxylic acids is 1. The minimum Gasteiger partial charge on any atom is -0.355 e. The first kappa shape index (κ1) is 15.3. The summed E-state index contributed by atoms with van der Waals surface area (Å²) in [6, 6.07) is 2.01. The number of amides is 1. The number of nitrogens with zero attached hydrogens (tertiary/aromatic N) is 1. The Morgan fingerprint density at radius 1 is 1.38 bits per heavy atom. The van der Waals surface area contributed by atoms with Crippen LogP contribution in [-0.2, 0) is 4.79 Å². The Bertz CT molecular complexity index is 226. The normalized spacial score (nSPS) is 11.8. The summed E-state index contributed by atoms with van der Waals surface area (Å²) < 4.78 is 0. The van der Waals surface area contributed by atoms with E-state index < -0.39 is 5.92 Å². The molecule has 16 heavy (non-hydrogen) atoms. The van der Waals surface area contributed by atoms with Crippen molar-refractivity contribution >= 4 is 17.7 Å². The molecule has 1 unspecified atom stereocenters. The molecule has 4 heteroatoms. The number of thioether (sulfide) groups is 1. The number of nitriles is 1. The van der Waals surface area contributed by atoms with Gasteiger partial charge in [-0.1, -0.05) is 19.8 Å². The molecule has 0 saturated heterocycles. The van der Waals surface area contributed by atoms with E-state index in [9.17, 15) is 4.79 Å². The third-order valence-electron chi connectivity index (χ3n) is 2.46. The molecule has 1 amide bonds. The molecule has 0 fully saturated rings. The molecule has 1 atom stereocenters. The maximum Gasteiger partial charge on any atom is 0.237 e. The van der Waals surface area contributed by atoms with Gasteiger partial charge in [0.2, 0.25) is 5.91 Å². The van der Waals surface area contributed by atoms with Gasteiger partial charge in [0.15, 0.2) is 0 Å². The summed E-state index contributed by atoms with van der Waals surface area (Å²) in [5, 5.41) is 11.5. The Morgan fingerprint density at radius 2 is 2.06 bits per heavy atom. The van der Waals surface area contributed by atoms with Gasteiger partial charge in [-0.3, -0.25) is 4.79 Å². The fraction of sp³-hybridized carbons (Fsp3) is 0.833. The molecule has 0 aromatic carbocycles.